The van der Waals surface area contributed by atoms with Gasteiger partial charge in [-0.25, -0.2) is 0 Å². The maximum atomic E-state index is 11.7. The molecule has 0 saturated heterocycles. The first-order valence-electron chi connectivity index (χ1n) is 7.63. The number of allylic oxidation sites excluding steroid dienone is 1. The van der Waals surface area contributed by atoms with E-state index in [1.165, 1.54) is 50.7 Å². The van der Waals surface area contributed by atoms with Crippen molar-refractivity contribution in [2.45, 2.75) is 76.7 Å². The molecule has 108 valence electrons. The first-order chi connectivity index (χ1) is 9.08. The summed E-state index contributed by atoms with van der Waals surface area (Å²) in [5, 5.41) is 0. The fourth-order valence-electron chi connectivity index (χ4n) is 2.58. The van der Waals surface area contributed by atoms with Gasteiger partial charge in [-0.15, -0.1) is 0 Å². The lowest BCUT2D eigenvalue weighted by Crippen LogP contribution is -2.50. The number of hydrogen-bond acceptors (Lipinski definition) is 3. The fraction of sp³-hybridized carbons (Fsp3) is 0.750. The average Bonchev–Trinajstić information content (AvgIpc) is 2.37. The van der Waals surface area contributed by atoms with Crippen LogP contribution in [0.2, 0.25) is 0 Å². The van der Waals surface area contributed by atoms with Crippen LogP contribution in [0.15, 0.2) is 12.2 Å². The maximum Gasteiger partial charge on any atom is 0.176 e. The monoisotopic (exact) mass is 265 g/mol. The predicted octanol–water partition coefficient (Wildman–Crippen LogP) is 3.31. The highest BCUT2D eigenvalue weighted by atomic mass is 16.1. The molecule has 0 spiro atoms. The van der Waals surface area contributed by atoms with E-state index in [4.69, 9.17) is 5.73 Å². The number of nitrogens with two attached hydrogens (primary N) is 1. The average molecular weight is 265 g/mol. The zero-order valence-electron chi connectivity index (χ0n) is 12.1. The Kier molecular flexibility index (Phi) is 7.00. The van der Waals surface area contributed by atoms with Gasteiger partial charge in [0.15, 0.2) is 11.6 Å². The lowest BCUT2D eigenvalue weighted by molar-refractivity contribution is -0.126. The van der Waals surface area contributed by atoms with Crippen LogP contribution in [-0.4, -0.2) is 17.1 Å². The van der Waals surface area contributed by atoms with Crippen molar-refractivity contribution in [1.82, 2.24) is 0 Å². The third kappa shape index (κ3) is 5.68. The van der Waals surface area contributed by atoms with Crippen LogP contribution < -0.4 is 5.73 Å². The standard InChI is InChI=1S/C16H27NO2/c1-2-3-4-5-6-7-8-9-12-16(17)13-14(18)10-11-15(16)19/h10-11H,2-9,12-13,17H2,1H3. The molecule has 1 aliphatic carbocycles. The first kappa shape index (κ1) is 16.1. The van der Waals surface area contributed by atoms with Crippen molar-refractivity contribution in [2.24, 2.45) is 5.73 Å². The highest BCUT2D eigenvalue weighted by Crippen LogP contribution is 2.22. The lowest BCUT2D eigenvalue weighted by atomic mass is 9.80. The van der Waals surface area contributed by atoms with Crippen molar-refractivity contribution in [1.29, 1.82) is 0 Å². The normalized spacial score (nSPS) is 23.1. The number of ketones is 2. The molecule has 2 N–H and O–H groups in total. The Labute approximate surface area is 116 Å². The Bertz CT molecular complexity index is 336. The van der Waals surface area contributed by atoms with Crippen LogP contribution in [0.4, 0.5) is 0 Å². The minimum Gasteiger partial charge on any atom is -0.318 e. The van der Waals surface area contributed by atoms with Gasteiger partial charge in [-0.3, -0.25) is 9.59 Å². The van der Waals surface area contributed by atoms with Gasteiger partial charge in [-0.05, 0) is 18.6 Å². The molecule has 1 rings (SSSR count). The molecular formula is C16H27NO2. The van der Waals surface area contributed by atoms with Gasteiger partial charge in [0.1, 0.15) is 0 Å². The van der Waals surface area contributed by atoms with Gasteiger partial charge in [0.05, 0.1) is 5.54 Å². The summed E-state index contributed by atoms with van der Waals surface area (Å²) in [6, 6.07) is 0. The second-order valence-corrected chi connectivity index (χ2v) is 5.72. The van der Waals surface area contributed by atoms with Gasteiger partial charge in [0.25, 0.3) is 0 Å². The Balaban J connectivity index is 2.13. The first-order valence-corrected chi connectivity index (χ1v) is 7.63. The predicted molar refractivity (Wildman–Crippen MR) is 77.9 cm³/mol. The van der Waals surface area contributed by atoms with E-state index in [-0.39, 0.29) is 18.0 Å². The van der Waals surface area contributed by atoms with Gasteiger partial charge in [0, 0.05) is 6.42 Å². The van der Waals surface area contributed by atoms with Crippen LogP contribution in [0.3, 0.4) is 0 Å². The molecule has 0 aromatic heterocycles. The molecule has 0 amide bonds. The molecule has 0 aromatic carbocycles. The van der Waals surface area contributed by atoms with Gasteiger partial charge in [-0.1, -0.05) is 58.3 Å². The van der Waals surface area contributed by atoms with Crippen LogP contribution in [0.1, 0.15) is 71.1 Å². The molecule has 19 heavy (non-hydrogen) atoms. The summed E-state index contributed by atoms with van der Waals surface area (Å²) in [5.74, 6) is -0.114. The smallest absolute Gasteiger partial charge is 0.176 e. The largest absolute Gasteiger partial charge is 0.318 e. The maximum absolute atomic E-state index is 11.7. The summed E-state index contributed by atoms with van der Waals surface area (Å²) in [4.78, 5) is 23.1. The second kappa shape index (κ2) is 8.26. The Hall–Kier alpha value is -0.960. The number of rotatable bonds is 9. The summed E-state index contributed by atoms with van der Waals surface area (Å²) in [6.07, 6.45) is 13.3. The van der Waals surface area contributed by atoms with Gasteiger partial charge >= 0.3 is 0 Å². The fourth-order valence-corrected chi connectivity index (χ4v) is 2.58. The Morgan fingerprint density at radius 3 is 2.21 bits per heavy atom. The molecule has 3 nitrogen and oxygen atoms in total. The minimum atomic E-state index is -0.923. The molecule has 0 fully saturated rings. The third-order valence-corrected chi connectivity index (χ3v) is 3.88. The van der Waals surface area contributed by atoms with E-state index in [0.717, 1.165) is 12.8 Å². The van der Waals surface area contributed by atoms with Crippen LogP contribution in [0.5, 0.6) is 0 Å². The molecule has 1 aliphatic rings. The summed E-state index contributed by atoms with van der Waals surface area (Å²) < 4.78 is 0. The number of carbonyl (C=O) groups excluding carboxylic acids is 2. The highest BCUT2D eigenvalue weighted by Gasteiger charge is 2.35. The van der Waals surface area contributed by atoms with E-state index in [1.807, 2.05) is 0 Å². The number of carbonyl (C=O) groups is 2. The van der Waals surface area contributed by atoms with Gasteiger partial charge in [-0.2, -0.15) is 0 Å². The molecule has 0 heterocycles. The van der Waals surface area contributed by atoms with Crippen LogP contribution in [-0.2, 0) is 9.59 Å². The molecule has 1 atom stereocenters. The minimum absolute atomic E-state index is 0.0262. The molecule has 1 unspecified atom stereocenters. The quantitative estimate of drug-likeness (QED) is 0.651. The Morgan fingerprint density at radius 2 is 1.58 bits per heavy atom. The third-order valence-electron chi connectivity index (χ3n) is 3.88. The lowest BCUT2D eigenvalue weighted by Gasteiger charge is -2.27. The molecule has 0 radical (unpaired) electrons. The molecule has 0 bridgehead atoms. The van der Waals surface area contributed by atoms with Crippen molar-refractivity contribution in [3.05, 3.63) is 12.2 Å². The summed E-state index contributed by atoms with van der Waals surface area (Å²) in [7, 11) is 0. The summed E-state index contributed by atoms with van der Waals surface area (Å²) in [6.45, 7) is 2.22. The van der Waals surface area contributed by atoms with Crippen molar-refractivity contribution in [3.8, 4) is 0 Å². The Morgan fingerprint density at radius 1 is 1.00 bits per heavy atom. The van der Waals surface area contributed by atoms with Crippen LogP contribution in [0.25, 0.3) is 0 Å². The zero-order chi connectivity index (χ0) is 14.1. The summed E-state index contributed by atoms with van der Waals surface area (Å²) >= 11 is 0. The van der Waals surface area contributed by atoms with Crippen molar-refractivity contribution in [2.75, 3.05) is 0 Å². The van der Waals surface area contributed by atoms with Crippen molar-refractivity contribution >= 4 is 11.6 Å². The van der Waals surface area contributed by atoms with E-state index < -0.39 is 5.54 Å². The zero-order valence-corrected chi connectivity index (χ0v) is 12.1. The molecule has 0 aromatic rings. The van der Waals surface area contributed by atoms with E-state index in [1.54, 1.807) is 0 Å². The van der Waals surface area contributed by atoms with E-state index in [2.05, 4.69) is 6.92 Å². The molecular weight excluding hydrogens is 238 g/mol. The molecule has 0 aliphatic heterocycles. The number of unbranched alkanes of at least 4 members (excludes halogenated alkanes) is 7. The van der Waals surface area contributed by atoms with E-state index in [9.17, 15) is 9.59 Å². The van der Waals surface area contributed by atoms with Crippen molar-refractivity contribution < 1.29 is 9.59 Å². The SMILES string of the molecule is CCCCCCCCCCC1(N)CC(=O)C=CC1=O. The summed E-state index contributed by atoms with van der Waals surface area (Å²) in [5.41, 5.74) is 5.13. The van der Waals surface area contributed by atoms with Gasteiger partial charge < -0.3 is 5.73 Å². The molecule has 0 saturated carbocycles. The van der Waals surface area contributed by atoms with E-state index >= 15 is 0 Å². The topological polar surface area (TPSA) is 60.2 Å². The highest BCUT2D eigenvalue weighted by molar-refractivity contribution is 6.10. The second-order valence-electron chi connectivity index (χ2n) is 5.72. The van der Waals surface area contributed by atoms with E-state index in [0.29, 0.717) is 6.42 Å². The van der Waals surface area contributed by atoms with Crippen LogP contribution in [0, 0.1) is 0 Å². The number of hydrogen-bond donors (Lipinski definition) is 1. The van der Waals surface area contributed by atoms with Crippen molar-refractivity contribution in [3.63, 3.8) is 0 Å². The molecule has 3 heteroatoms. The van der Waals surface area contributed by atoms with Gasteiger partial charge in [0.2, 0.25) is 0 Å². The van der Waals surface area contributed by atoms with Crippen LogP contribution >= 0.6 is 0 Å².